The fourth-order valence-corrected chi connectivity index (χ4v) is 2.94. The van der Waals surface area contributed by atoms with Crippen LogP contribution in [0.15, 0.2) is 72.8 Å². The maximum absolute atomic E-state index is 12.4. The van der Waals surface area contributed by atoms with E-state index in [0.29, 0.717) is 22.8 Å². The first-order valence-electron chi connectivity index (χ1n) is 9.50. The lowest BCUT2D eigenvalue weighted by atomic mass is 9.98. The fourth-order valence-electron chi connectivity index (χ4n) is 2.94. The van der Waals surface area contributed by atoms with Gasteiger partial charge >= 0.3 is 5.97 Å². The van der Waals surface area contributed by atoms with Gasteiger partial charge in [-0.25, -0.2) is 4.79 Å². The minimum atomic E-state index is -0.360. The van der Waals surface area contributed by atoms with Crippen LogP contribution in [0, 0.1) is 17.2 Å². The van der Waals surface area contributed by atoms with Crippen LogP contribution < -0.4 is 4.74 Å². The van der Waals surface area contributed by atoms with Gasteiger partial charge in [0.2, 0.25) is 0 Å². The Morgan fingerprint density at radius 1 is 0.929 bits per heavy atom. The number of benzene rings is 3. The molecule has 140 valence electrons. The Balaban J connectivity index is 1.64. The van der Waals surface area contributed by atoms with Gasteiger partial charge in [0.15, 0.2) is 0 Å². The van der Waals surface area contributed by atoms with Crippen molar-refractivity contribution in [2.75, 3.05) is 0 Å². The van der Waals surface area contributed by atoms with Gasteiger partial charge in [0, 0.05) is 0 Å². The van der Waals surface area contributed by atoms with Crippen molar-refractivity contribution < 1.29 is 9.53 Å². The molecular weight excluding hydrogens is 346 g/mol. The lowest BCUT2D eigenvalue weighted by Gasteiger charge is -2.09. The van der Waals surface area contributed by atoms with E-state index in [9.17, 15) is 4.79 Å². The van der Waals surface area contributed by atoms with Crippen LogP contribution in [0.2, 0.25) is 0 Å². The predicted octanol–water partition coefficient (Wildman–Crippen LogP) is 6.03. The van der Waals surface area contributed by atoms with Crippen molar-refractivity contribution in [1.29, 1.82) is 5.26 Å². The maximum atomic E-state index is 12.4. The highest BCUT2D eigenvalue weighted by molar-refractivity contribution is 5.91. The summed E-state index contributed by atoms with van der Waals surface area (Å²) >= 11 is 0. The molecule has 3 aromatic rings. The molecular formula is C25H23NO2. The molecule has 0 bridgehead atoms. The first-order chi connectivity index (χ1) is 13.6. The topological polar surface area (TPSA) is 50.1 Å². The highest BCUT2D eigenvalue weighted by Crippen LogP contribution is 2.23. The fraction of sp³-hybridized carbons (Fsp3) is 0.200. The normalized spacial score (nSPS) is 11.5. The Bertz CT molecular complexity index is 965. The molecule has 3 heteroatoms. The third-order valence-electron chi connectivity index (χ3n) is 4.88. The minimum absolute atomic E-state index is 0.360. The van der Waals surface area contributed by atoms with Gasteiger partial charge < -0.3 is 4.74 Å². The molecule has 0 aliphatic carbocycles. The Morgan fingerprint density at radius 3 is 2.04 bits per heavy atom. The van der Waals surface area contributed by atoms with E-state index in [2.05, 4.69) is 19.9 Å². The van der Waals surface area contributed by atoms with E-state index in [4.69, 9.17) is 10.00 Å². The summed E-state index contributed by atoms with van der Waals surface area (Å²) < 4.78 is 5.49. The van der Waals surface area contributed by atoms with Crippen LogP contribution in [0.5, 0.6) is 5.75 Å². The maximum Gasteiger partial charge on any atom is 0.343 e. The van der Waals surface area contributed by atoms with Gasteiger partial charge in [-0.3, -0.25) is 0 Å². The van der Waals surface area contributed by atoms with Crippen molar-refractivity contribution >= 4 is 5.97 Å². The molecule has 0 spiro atoms. The zero-order chi connectivity index (χ0) is 19.9. The van der Waals surface area contributed by atoms with Gasteiger partial charge in [0.25, 0.3) is 0 Å². The summed E-state index contributed by atoms with van der Waals surface area (Å²) in [5.74, 6) is 0.778. The van der Waals surface area contributed by atoms with Crippen LogP contribution in [0.1, 0.15) is 41.8 Å². The van der Waals surface area contributed by atoms with Crippen LogP contribution in [-0.2, 0) is 6.42 Å². The second-order valence-corrected chi connectivity index (χ2v) is 7.02. The van der Waals surface area contributed by atoms with E-state index in [1.54, 1.807) is 24.3 Å². The highest BCUT2D eigenvalue weighted by atomic mass is 16.5. The predicted molar refractivity (Wildman–Crippen MR) is 111 cm³/mol. The van der Waals surface area contributed by atoms with E-state index in [1.165, 1.54) is 5.56 Å². The monoisotopic (exact) mass is 369 g/mol. The molecule has 28 heavy (non-hydrogen) atoms. The van der Waals surface area contributed by atoms with E-state index in [1.807, 2.05) is 48.5 Å². The largest absolute Gasteiger partial charge is 0.423 e. The number of rotatable bonds is 6. The molecule has 0 N–H and O–H groups in total. The summed E-state index contributed by atoms with van der Waals surface area (Å²) in [6, 6.07) is 24.5. The van der Waals surface area contributed by atoms with Crippen molar-refractivity contribution in [2.45, 2.75) is 26.7 Å². The summed E-state index contributed by atoms with van der Waals surface area (Å²) in [6.45, 7) is 4.41. The van der Waals surface area contributed by atoms with Crippen LogP contribution in [-0.4, -0.2) is 5.97 Å². The molecule has 3 nitrogen and oxygen atoms in total. The van der Waals surface area contributed by atoms with E-state index in [0.717, 1.165) is 24.0 Å². The molecule has 0 fully saturated rings. The molecule has 3 rings (SSSR count). The van der Waals surface area contributed by atoms with Crippen molar-refractivity contribution in [3.8, 4) is 22.9 Å². The number of carbonyl (C=O) groups excluding carboxylic acids is 1. The molecule has 0 aliphatic rings. The zero-order valence-electron chi connectivity index (χ0n) is 16.2. The molecule has 1 unspecified atom stereocenters. The average molecular weight is 369 g/mol. The zero-order valence-corrected chi connectivity index (χ0v) is 16.2. The molecule has 0 amide bonds. The molecule has 1 atom stereocenters. The molecule has 0 saturated heterocycles. The van der Waals surface area contributed by atoms with Crippen molar-refractivity contribution in [3.63, 3.8) is 0 Å². The van der Waals surface area contributed by atoms with E-state index < -0.39 is 0 Å². The van der Waals surface area contributed by atoms with E-state index >= 15 is 0 Å². The first-order valence-corrected chi connectivity index (χ1v) is 9.50. The van der Waals surface area contributed by atoms with Gasteiger partial charge in [-0.15, -0.1) is 0 Å². The van der Waals surface area contributed by atoms with Crippen LogP contribution in [0.4, 0.5) is 0 Å². The van der Waals surface area contributed by atoms with Gasteiger partial charge in [-0.05, 0) is 65.4 Å². The second-order valence-electron chi connectivity index (χ2n) is 7.02. The number of hydrogen-bond acceptors (Lipinski definition) is 3. The smallest absolute Gasteiger partial charge is 0.343 e. The van der Waals surface area contributed by atoms with Gasteiger partial charge in [0.1, 0.15) is 5.75 Å². The summed E-state index contributed by atoms with van der Waals surface area (Å²) in [4.78, 5) is 12.4. The number of nitrogens with zero attached hydrogens (tertiary/aromatic N) is 1. The number of nitriles is 1. The van der Waals surface area contributed by atoms with Crippen molar-refractivity contribution in [1.82, 2.24) is 0 Å². The standard InChI is InChI=1S/C25H23NO2/c1-3-18(2)16-19-4-10-23(11-5-19)25(27)28-24-14-12-22(13-15-24)21-8-6-20(17-26)7-9-21/h4-15,18H,3,16H2,1-2H3. The van der Waals surface area contributed by atoms with Crippen LogP contribution >= 0.6 is 0 Å². The summed E-state index contributed by atoms with van der Waals surface area (Å²) in [6.07, 6.45) is 2.16. The number of esters is 1. The number of ether oxygens (including phenoxy) is 1. The first kappa shape index (κ1) is 19.4. The number of hydrogen-bond donors (Lipinski definition) is 0. The number of carbonyl (C=O) groups is 1. The van der Waals surface area contributed by atoms with Gasteiger partial charge in [-0.1, -0.05) is 56.7 Å². The SMILES string of the molecule is CCC(C)Cc1ccc(C(=O)Oc2ccc(-c3ccc(C#N)cc3)cc2)cc1. The van der Waals surface area contributed by atoms with Crippen molar-refractivity contribution in [3.05, 3.63) is 89.5 Å². The highest BCUT2D eigenvalue weighted by Gasteiger charge is 2.10. The molecule has 3 aromatic carbocycles. The third kappa shape index (κ3) is 4.86. The molecule has 0 aromatic heterocycles. The Morgan fingerprint density at radius 2 is 1.50 bits per heavy atom. The minimum Gasteiger partial charge on any atom is -0.423 e. The average Bonchev–Trinajstić information content (AvgIpc) is 2.74. The Labute approximate surface area is 166 Å². The quantitative estimate of drug-likeness (QED) is 0.393. The molecule has 0 saturated carbocycles. The molecule has 0 radical (unpaired) electrons. The Hall–Kier alpha value is -3.38. The molecule has 0 heterocycles. The van der Waals surface area contributed by atoms with Gasteiger partial charge in [-0.2, -0.15) is 5.26 Å². The third-order valence-corrected chi connectivity index (χ3v) is 4.88. The Kier molecular flexibility index (Phi) is 6.24. The summed E-state index contributed by atoms with van der Waals surface area (Å²) in [7, 11) is 0. The lowest BCUT2D eigenvalue weighted by Crippen LogP contribution is -2.08. The second kappa shape index (κ2) is 9.01. The summed E-state index contributed by atoms with van der Waals surface area (Å²) in [5, 5.41) is 8.88. The summed E-state index contributed by atoms with van der Waals surface area (Å²) in [5.41, 5.74) is 4.42. The van der Waals surface area contributed by atoms with Crippen LogP contribution in [0.25, 0.3) is 11.1 Å². The van der Waals surface area contributed by atoms with Crippen molar-refractivity contribution in [2.24, 2.45) is 5.92 Å². The van der Waals surface area contributed by atoms with Gasteiger partial charge in [0.05, 0.1) is 17.2 Å². The van der Waals surface area contributed by atoms with Crippen LogP contribution in [0.3, 0.4) is 0 Å². The molecule has 0 aliphatic heterocycles. The van der Waals surface area contributed by atoms with E-state index in [-0.39, 0.29) is 5.97 Å². The lowest BCUT2D eigenvalue weighted by molar-refractivity contribution is 0.0735.